The second-order valence-corrected chi connectivity index (χ2v) is 4.98. The van der Waals surface area contributed by atoms with E-state index in [0.717, 1.165) is 12.8 Å². The third-order valence-corrected chi connectivity index (χ3v) is 2.57. The van der Waals surface area contributed by atoms with Gasteiger partial charge in [-0.05, 0) is 40.5 Å². The maximum Gasteiger partial charge on any atom is 0.410 e. The molecule has 1 saturated carbocycles. The lowest BCUT2D eigenvalue weighted by molar-refractivity contribution is -0.0379. The summed E-state index contributed by atoms with van der Waals surface area (Å²) >= 11 is 0. The van der Waals surface area contributed by atoms with Crippen molar-refractivity contribution in [2.75, 3.05) is 6.54 Å². The van der Waals surface area contributed by atoms with Gasteiger partial charge in [0.25, 0.3) is 0 Å². The van der Waals surface area contributed by atoms with Crippen molar-refractivity contribution < 1.29 is 14.6 Å². The summed E-state index contributed by atoms with van der Waals surface area (Å²) in [4.78, 5) is 13.4. The van der Waals surface area contributed by atoms with E-state index in [4.69, 9.17) is 4.74 Å². The van der Waals surface area contributed by atoms with Crippen LogP contribution >= 0.6 is 0 Å². The topological polar surface area (TPSA) is 49.8 Å². The van der Waals surface area contributed by atoms with Crippen LogP contribution in [0.25, 0.3) is 0 Å². The first-order chi connectivity index (χ1) is 6.85. The summed E-state index contributed by atoms with van der Waals surface area (Å²) < 4.78 is 5.27. The molecule has 15 heavy (non-hydrogen) atoms. The fourth-order valence-corrected chi connectivity index (χ4v) is 1.65. The van der Waals surface area contributed by atoms with Crippen LogP contribution in [-0.2, 0) is 4.74 Å². The smallest absolute Gasteiger partial charge is 0.410 e. The molecule has 1 fully saturated rings. The van der Waals surface area contributed by atoms with Gasteiger partial charge >= 0.3 is 6.09 Å². The molecule has 88 valence electrons. The molecule has 0 aromatic heterocycles. The number of hydrogen-bond acceptors (Lipinski definition) is 3. The molecule has 0 aliphatic heterocycles. The van der Waals surface area contributed by atoms with Gasteiger partial charge in [-0.25, -0.2) is 4.79 Å². The Morgan fingerprint density at radius 1 is 1.47 bits per heavy atom. The molecule has 1 aliphatic carbocycles. The van der Waals surface area contributed by atoms with Crippen LogP contribution in [0.4, 0.5) is 4.79 Å². The molecule has 1 aliphatic rings. The molecule has 0 spiro atoms. The fourth-order valence-electron chi connectivity index (χ4n) is 1.65. The fraction of sp³-hybridized carbons (Fsp3) is 0.909. The first kappa shape index (κ1) is 12.3. The van der Waals surface area contributed by atoms with E-state index < -0.39 is 5.60 Å². The third-order valence-electron chi connectivity index (χ3n) is 2.57. The molecule has 1 amide bonds. The van der Waals surface area contributed by atoms with Crippen LogP contribution in [0.1, 0.15) is 40.5 Å². The van der Waals surface area contributed by atoms with Crippen molar-refractivity contribution in [3.63, 3.8) is 0 Å². The molecular formula is C11H21NO3. The standard InChI is InChI=1S/C11H21NO3/c1-5-12(8-6-7-9(8)13)10(14)15-11(2,3)4/h8-9,13H,5-7H2,1-4H3/t8-,9-/m0/s1. The number of likely N-dealkylation sites (N-methyl/N-ethyl adjacent to an activating group) is 1. The van der Waals surface area contributed by atoms with Crippen molar-refractivity contribution in [1.82, 2.24) is 4.90 Å². The van der Waals surface area contributed by atoms with E-state index in [1.54, 1.807) is 4.90 Å². The lowest BCUT2D eigenvalue weighted by Gasteiger charge is -2.41. The lowest BCUT2D eigenvalue weighted by Crippen LogP contribution is -2.53. The van der Waals surface area contributed by atoms with E-state index >= 15 is 0 Å². The van der Waals surface area contributed by atoms with Gasteiger partial charge in [-0.2, -0.15) is 0 Å². The van der Waals surface area contributed by atoms with Crippen LogP contribution < -0.4 is 0 Å². The highest BCUT2D eigenvalue weighted by molar-refractivity contribution is 5.68. The van der Waals surface area contributed by atoms with Crippen molar-refractivity contribution in [3.05, 3.63) is 0 Å². The van der Waals surface area contributed by atoms with Crippen LogP contribution in [0.5, 0.6) is 0 Å². The predicted molar refractivity (Wildman–Crippen MR) is 57.6 cm³/mol. The van der Waals surface area contributed by atoms with Crippen LogP contribution in [0, 0.1) is 0 Å². The highest BCUT2D eigenvalue weighted by Crippen LogP contribution is 2.26. The van der Waals surface area contributed by atoms with Crippen molar-refractivity contribution in [1.29, 1.82) is 0 Å². The summed E-state index contributed by atoms with van der Waals surface area (Å²) in [6, 6.07) is -0.0511. The van der Waals surface area contributed by atoms with Crippen molar-refractivity contribution in [2.24, 2.45) is 0 Å². The monoisotopic (exact) mass is 215 g/mol. The molecule has 0 heterocycles. The van der Waals surface area contributed by atoms with Crippen LogP contribution in [0.15, 0.2) is 0 Å². The average Bonchev–Trinajstić information content (AvgIpc) is 2.08. The maximum atomic E-state index is 11.8. The van der Waals surface area contributed by atoms with Gasteiger partial charge in [-0.1, -0.05) is 0 Å². The summed E-state index contributed by atoms with van der Waals surface area (Å²) in [7, 11) is 0. The Labute approximate surface area is 91.2 Å². The van der Waals surface area contributed by atoms with E-state index in [-0.39, 0.29) is 18.2 Å². The predicted octanol–water partition coefficient (Wildman–Crippen LogP) is 1.77. The third kappa shape index (κ3) is 3.09. The number of rotatable bonds is 2. The Morgan fingerprint density at radius 2 is 2.07 bits per heavy atom. The number of nitrogens with zero attached hydrogens (tertiary/aromatic N) is 1. The Morgan fingerprint density at radius 3 is 2.33 bits per heavy atom. The summed E-state index contributed by atoms with van der Waals surface area (Å²) in [5.41, 5.74) is -0.473. The summed E-state index contributed by atoms with van der Waals surface area (Å²) in [6.07, 6.45) is 0.948. The van der Waals surface area contributed by atoms with E-state index in [9.17, 15) is 9.90 Å². The Kier molecular flexibility index (Phi) is 3.60. The van der Waals surface area contributed by atoms with Gasteiger partial charge in [-0.3, -0.25) is 0 Å². The first-order valence-electron chi connectivity index (χ1n) is 5.53. The number of hydrogen-bond donors (Lipinski definition) is 1. The second kappa shape index (κ2) is 4.39. The van der Waals surface area contributed by atoms with E-state index in [1.807, 2.05) is 27.7 Å². The maximum absolute atomic E-state index is 11.8. The number of aliphatic hydroxyl groups excluding tert-OH is 1. The summed E-state index contributed by atoms with van der Waals surface area (Å²) in [5.74, 6) is 0. The van der Waals surface area contributed by atoms with E-state index in [0.29, 0.717) is 6.54 Å². The molecule has 0 aromatic carbocycles. The summed E-state index contributed by atoms with van der Waals surface area (Å²) in [6.45, 7) is 8.01. The molecule has 1 rings (SSSR count). The van der Waals surface area contributed by atoms with Crippen LogP contribution in [0.2, 0.25) is 0 Å². The van der Waals surface area contributed by atoms with Gasteiger partial charge in [-0.15, -0.1) is 0 Å². The van der Waals surface area contributed by atoms with E-state index in [2.05, 4.69) is 0 Å². The molecule has 0 bridgehead atoms. The molecule has 4 heteroatoms. The number of carbonyl (C=O) groups is 1. The van der Waals surface area contributed by atoms with Crippen molar-refractivity contribution >= 4 is 6.09 Å². The van der Waals surface area contributed by atoms with Crippen LogP contribution in [0.3, 0.4) is 0 Å². The Hall–Kier alpha value is -0.770. The lowest BCUT2D eigenvalue weighted by atomic mass is 9.88. The number of aliphatic hydroxyl groups is 1. The molecule has 0 aromatic rings. The number of ether oxygens (including phenoxy) is 1. The number of carbonyl (C=O) groups excluding carboxylic acids is 1. The molecule has 0 radical (unpaired) electrons. The SMILES string of the molecule is CCN(C(=O)OC(C)(C)C)[C@H]1CC[C@@H]1O. The first-order valence-corrected chi connectivity index (χ1v) is 5.53. The minimum absolute atomic E-state index is 0.0511. The summed E-state index contributed by atoms with van der Waals surface area (Å²) in [5, 5.41) is 9.51. The van der Waals surface area contributed by atoms with Gasteiger partial charge < -0.3 is 14.7 Å². The molecule has 0 saturated heterocycles. The zero-order valence-corrected chi connectivity index (χ0v) is 9.99. The minimum atomic E-state index is -0.473. The van der Waals surface area contributed by atoms with Gasteiger partial charge in [0.1, 0.15) is 5.60 Å². The van der Waals surface area contributed by atoms with Gasteiger partial charge in [0.05, 0.1) is 12.1 Å². The zero-order valence-electron chi connectivity index (χ0n) is 9.99. The zero-order chi connectivity index (χ0) is 11.6. The molecular weight excluding hydrogens is 194 g/mol. The van der Waals surface area contributed by atoms with Gasteiger partial charge in [0.2, 0.25) is 0 Å². The second-order valence-electron chi connectivity index (χ2n) is 4.98. The normalized spacial score (nSPS) is 25.7. The average molecular weight is 215 g/mol. The largest absolute Gasteiger partial charge is 0.444 e. The molecule has 1 N–H and O–H groups in total. The van der Waals surface area contributed by atoms with Crippen molar-refractivity contribution in [3.8, 4) is 0 Å². The van der Waals surface area contributed by atoms with Gasteiger partial charge in [0.15, 0.2) is 0 Å². The highest BCUT2D eigenvalue weighted by atomic mass is 16.6. The van der Waals surface area contributed by atoms with Crippen molar-refractivity contribution in [2.45, 2.75) is 58.3 Å². The Balaban J connectivity index is 2.55. The van der Waals surface area contributed by atoms with Crippen LogP contribution in [-0.4, -0.2) is 40.4 Å². The number of amides is 1. The van der Waals surface area contributed by atoms with E-state index in [1.165, 1.54) is 0 Å². The highest BCUT2D eigenvalue weighted by Gasteiger charge is 2.37. The Bertz CT molecular complexity index is 234. The molecule has 4 nitrogen and oxygen atoms in total. The minimum Gasteiger partial charge on any atom is -0.444 e. The molecule has 2 atom stereocenters. The quantitative estimate of drug-likeness (QED) is 0.763. The molecule has 0 unspecified atom stereocenters. The van der Waals surface area contributed by atoms with Gasteiger partial charge in [0, 0.05) is 6.54 Å².